The molecule has 1 N–H and O–H groups in total. The van der Waals surface area contributed by atoms with Crippen molar-refractivity contribution in [2.24, 2.45) is 0 Å². The van der Waals surface area contributed by atoms with Crippen molar-refractivity contribution in [3.63, 3.8) is 0 Å². The normalized spacial score (nSPS) is 18.4. The molecule has 0 bridgehead atoms. The first-order valence-corrected chi connectivity index (χ1v) is 8.75. The topological polar surface area (TPSA) is 75.8 Å². The molecule has 1 amide bonds. The third-order valence-electron chi connectivity index (χ3n) is 5.18. The summed E-state index contributed by atoms with van der Waals surface area (Å²) in [4.78, 5) is 18.9. The van der Waals surface area contributed by atoms with E-state index >= 15 is 0 Å². The molecule has 0 saturated heterocycles. The van der Waals surface area contributed by atoms with Crippen molar-refractivity contribution < 1.29 is 19.1 Å². The van der Waals surface area contributed by atoms with E-state index in [4.69, 9.17) is 9.15 Å². The monoisotopic (exact) mass is 342 g/mol. The van der Waals surface area contributed by atoms with Crippen LogP contribution in [0, 0.1) is 0 Å². The van der Waals surface area contributed by atoms with E-state index in [-0.39, 0.29) is 5.91 Å². The predicted octanol–water partition coefficient (Wildman–Crippen LogP) is 2.57. The number of methoxy groups -OCH3 is 1. The first kappa shape index (κ1) is 16.1. The Bertz CT molecular complexity index is 764. The third kappa shape index (κ3) is 3.02. The number of benzene rings is 1. The molecule has 1 aromatic heterocycles. The molecule has 6 heteroatoms. The van der Waals surface area contributed by atoms with Crippen LogP contribution in [0.1, 0.15) is 54.2 Å². The molecule has 1 saturated carbocycles. The summed E-state index contributed by atoms with van der Waals surface area (Å²) in [6.07, 6.45) is 2.98. The zero-order valence-corrected chi connectivity index (χ0v) is 14.3. The van der Waals surface area contributed by atoms with E-state index in [1.807, 2.05) is 0 Å². The third-order valence-corrected chi connectivity index (χ3v) is 5.18. The zero-order chi connectivity index (χ0) is 17.4. The largest absolute Gasteiger partial charge is 0.497 e. The first-order chi connectivity index (χ1) is 12.2. The average Bonchev–Trinajstić information content (AvgIpc) is 3.01. The van der Waals surface area contributed by atoms with E-state index in [2.05, 4.69) is 4.98 Å². The molecular weight excluding hydrogens is 320 g/mol. The molecule has 6 nitrogen and oxygen atoms in total. The number of nitrogens with zero attached hydrogens (tertiary/aromatic N) is 2. The highest BCUT2D eigenvalue weighted by atomic mass is 16.5. The van der Waals surface area contributed by atoms with Crippen LogP contribution in [-0.4, -0.2) is 34.6 Å². The van der Waals surface area contributed by atoms with Gasteiger partial charge in [-0.1, -0.05) is 18.6 Å². The van der Waals surface area contributed by atoms with Gasteiger partial charge in [0, 0.05) is 18.9 Å². The van der Waals surface area contributed by atoms with Crippen LogP contribution < -0.4 is 4.74 Å². The second-order valence-electron chi connectivity index (χ2n) is 6.74. The van der Waals surface area contributed by atoms with E-state index in [9.17, 15) is 9.90 Å². The number of ether oxygens (including phenoxy) is 1. The highest BCUT2D eigenvalue weighted by Crippen LogP contribution is 2.37. The number of carbonyl (C=O) groups is 1. The van der Waals surface area contributed by atoms with Crippen LogP contribution in [0.3, 0.4) is 0 Å². The second-order valence-corrected chi connectivity index (χ2v) is 6.74. The summed E-state index contributed by atoms with van der Waals surface area (Å²) in [5.41, 5.74) is 1.40. The molecule has 1 aromatic carbocycles. The molecule has 0 radical (unpaired) electrons. The van der Waals surface area contributed by atoms with Crippen LogP contribution >= 0.6 is 0 Å². The van der Waals surface area contributed by atoms with Gasteiger partial charge in [-0.15, -0.1) is 0 Å². The lowest BCUT2D eigenvalue weighted by atomic mass is 9.85. The molecular formula is C19H22N2O4. The molecule has 2 aliphatic rings. The van der Waals surface area contributed by atoms with Gasteiger partial charge in [-0.2, -0.15) is 0 Å². The van der Waals surface area contributed by atoms with E-state index in [1.54, 1.807) is 36.3 Å². The minimum Gasteiger partial charge on any atom is -0.497 e. The van der Waals surface area contributed by atoms with Gasteiger partial charge in [0.2, 0.25) is 0 Å². The first-order valence-electron chi connectivity index (χ1n) is 8.75. The number of aromatic nitrogens is 1. The molecule has 25 heavy (non-hydrogen) atoms. The number of aliphatic hydroxyl groups is 1. The zero-order valence-electron chi connectivity index (χ0n) is 14.3. The number of amides is 1. The molecule has 2 aromatic rings. The Kier molecular flexibility index (Phi) is 4.21. The fourth-order valence-corrected chi connectivity index (χ4v) is 3.34. The summed E-state index contributed by atoms with van der Waals surface area (Å²) < 4.78 is 11.0. The second kappa shape index (κ2) is 6.52. The number of rotatable bonds is 4. The van der Waals surface area contributed by atoms with Crippen molar-refractivity contribution in [1.29, 1.82) is 0 Å². The van der Waals surface area contributed by atoms with Gasteiger partial charge in [0.1, 0.15) is 17.2 Å². The molecule has 0 spiro atoms. The summed E-state index contributed by atoms with van der Waals surface area (Å²) in [5, 5.41) is 10.4. The molecule has 1 atom stereocenters. The number of carbonyl (C=O) groups excluding carboxylic acids is 1. The van der Waals surface area contributed by atoms with Gasteiger partial charge in [-0.25, -0.2) is 4.98 Å². The SMILES string of the molecule is COc1ccc(C(O)C(=O)N2CCc3oc(C4CCC4)nc3C2)cc1. The maximum atomic E-state index is 12.7. The minimum absolute atomic E-state index is 0.302. The molecule has 2 heterocycles. The van der Waals surface area contributed by atoms with Gasteiger partial charge >= 0.3 is 0 Å². The summed E-state index contributed by atoms with van der Waals surface area (Å²) in [5.74, 6) is 2.55. The number of hydrogen-bond donors (Lipinski definition) is 1. The Morgan fingerprint density at radius 2 is 2.12 bits per heavy atom. The van der Waals surface area contributed by atoms with Crippen molar-refractivity contribution in [1.82, 2.24) is 9.88 Å². The summed E-state index contributed by atoms with van der Waals surface area (Å²) in [6, 6.07) is 6.90. The maximum Gasteiger partial charge on any atom is 0.256 e. The van der Waals surface area contributed by atoms with Gasteiger partial charge in [-0.05, 0) is 30.5 Å². The fourth-order valence-electron chi connectivity index (χ4n) is 3.34. The van der Waals surface area contributed by atoms with Crippen molar-refractivity contribution >= 4 is 5.91 Å². The highest BCUT2D eigenvalue weighted by molar-refractivity contribution is 5.82. The standard InChI is InChI=1S/C19H22N2O4/c1-24-14-7-5-12(6-8-14)17(22)19(23)21-10-9-16-15(11-21)20-18(25-16)13-3-2-4-13/h5-8,13,17,22H,2-4,9-11H2,1H3. The molecule has 1 fully saturated rings. The molecule has 1 unspecified atom stereocenters. The lowest BCUT2D eigenvalue weighted by Crippen LogP contribution is -2.38. The Morgan fingerprint density at radius 3 is 2.76 bits per heavy atom. The van der Waals surface area contributed by atoms with E-state index in [1.165, 1.54) is 6.42 Å². The number of fused-ring (bicyclic) bond motifs is 1. The molecule has 4 rings (SSSR count). The Balaban J connectivity index is 1.46. The lowest BCUT2D eigenvalue weighted by molar-refractivity contribution is -0.141. The van der Waals surface area contributed by atoms with Crippen LogP contribution in [0.15, 0.2) is 28.7 Å². The minimum atomic E-state index is -1.18. The number of aliphatic hydroxyl groups excluding tert-OH is 1. The maximum absolute atomic E-state index is 12.7. The highest BCUT2D eigenvalue weighted by Gasteiger charge is 2.32. The van der Waals surface area contributed by atoms with Crippen molar-refractivity contribution in [2.75, 3.05) is 13.7 Å². The van der Waals surface area contributed by atoms with E-state index < -0.39 is 6.10 Å². The van der Waals surface area contributed by atoms with E-state index in [0.717, 1.165) is 30.2 Å². The van der Waals surface area contributed by atoms with Crippen molar-refractivity contribution in [3.05, 3.63) is 47.2 Å². The van der Waals surface area contributed by atoms with Crippen LogP contribution in [-0.2, 0) is 17.8 Å². The summed E-state index contributed by atoms with van der Waals surface area (Å²) in [7, 11) is 1.58. The Labute approximate surface area is 146 Å². The van der Waals surface area contributed by atoms with Crippen LogP contribution in [0.2, 0.25) is 0 Å². The summed E-state index contributed by atoms with van der Waals surface area (Å²) >= 11 is 0. The van der Waals surface area contributed by atoms with Crippen molar-refractivity contribution in [3.8, 4) is 5.75 Å². The van der Waals surface area contributed by atoms with E-state index in [0.29, 0.717) is 36.7 Å². The number of hydrogen-bond acceptors (Lipinski definition) is 5. The van der Waals surface area contributed by atoms with Gasteiger partial charge < -0.3 is 19.2 Å². The van der Waals surface area contributed by atoms with Gasteiger partial charge in [0.05, 0.1) is 13.7 Å². The quantitative estimate of drug-likeness (QED) is 0.924. The van der Waals surface area contributed by atoms with Crippen LogP contribution in [0.25, 0.3) is 0 Å². The summed E-state index contributed by atoms with van der Waals surface area (Å²) in [6.45, 7) is 0.940. The van der Waals surface area contributed by atoms with Crippen molar-refractivity contribution in [2.45, 2.75) is 44.2 Å². The smallest absolute Gasteiger partial charge is 0.256 e. The predicted molar refractivity (Wildman–Crippen MR) is 90.2 cm³/mol. The van der Waals surface area contributed by atoms with Gasteiger partial charge in [0.15, 0.2) is 12.0 Å². The lowest BCUT2D eigenvalue weighted by Gasteiger charge is -2.27. The fraction of sp³-hybridized carbons (Fsp3) is 0.474. The van der Waals surface area contributed by atoms with Gasteiger partial charge in [0.25, 0.3) is 5.91 Å². The van der Waals surface area contributed by atoms with Gasteiger partial charge in [-0.3, -0.25) is 4.79 Å². The number of oxazole rings is 1. The molecule has 1 aliphatic heterocycles. The Morgan fingerprint density at radius 1 is 1.36 bits per heavy atom. The van der Waals surface area contributed by atoms with Crippen LogP contribution in [0.4, 0.5) is 0 Å². The van der Waals surface area contributed by atoms with Crippen LogP contribution in [0.5, 0.6) is 5.75 Å². The average molecular weight is 342 g/mol. The Hall–Kier alpha value is -2.34. The molecule has 1 aliphatic carbocycles. The molecule has 132 valence electrons.